The molecule has 1 rings (SSSR count). The number of hydrogen-bond acceptors (Lipinski definition) is 3. The lowest BCUT2D eigenvalue weighted by Crippen LogP contribution is -1.92. The molecule has 0 bridgehead atoms. The van der Waals surface area contributed by atoms with Gasteiger partial charge in [-0.1, -0.05) is 28.1 Å². The number of halogens is 1. The number of benzene rings is 1. The van der Waals surface area contributed by atoms with Crippen LogP contribution in [0.4, 0.5) is 0 Å². The molecule has 0 atom stereocenters. The predicted molar refractivity (Wildman–Crippen MR) is 55.6 cm³/mol. The van der Waals surface area contributed by atoms with Gasteiger partial charge in [-0.05, 0) is 12.1 Å². The Hall–Kier alpha value is -1.00. The average Bonchev–Trinajstić information content (AvgIpc) is 2.12. The van der Waals surface area contributed by atoms with Crippen LogP contribution in [0.25, 0.3) is 6.08 Å². The summed E-state index contributed by atoms with van der Waals surface area (Å²) in [6, 6.07) is 3.07. The highest BCUT2D eigenvalue weighted by Gasteiger charge is 2.06. The highest BCUT2D eigenvalue weighted by molar-refractivity contribution is 9.10. The molecule has 13 heavy (non-hydrogen) atoms. The lowest BCUT2D eigenvalue weighted by molar-refractivity contribution is 0.402. The summed E-state index contributed by atoms with van der Waals surface area (Å²) in [5.74, 6) is -0.279. The van der Waals surface area contributed by atoms with Gasteiger partial charge in [-0.15, -0.1) is 0 Å². The van der Waals surface area contributed by atoms with Crippen molar-refractivity contribution in [2.45, 2.75) is 0 Å². The largest absolute Gasteiger partial charge is 0.504 e. The Balaban J connectivity index is 3.17. The number of nitrogens with two attached hydrogens (primary N) is 1. The quantitative estimate of drug-likeness (QED) is 0.695. The molecular formula is C9H10BrNO2. The van der Waals surface area contributed by atoms with E-state index in [-0.39, 0.29) is 11.5 Å². The summed E-state index contributed by atoms with van der Waals surface area (Å²) < 4.78 is 0.715. The average molecular weight is 244 g/mol. The third-order valence-electron chi connectivity index (χ3n) is 1.56. The maximum Gasteiger partial charge on any atom is 0.165 e. The van der Waals surface area contributed by atoms with Gasteiger partial charge in [0.15, 0.2) is 11.5 Å². The number of hydrogen-bond donors (Lipinski definition) is 3. The highest BCUT2D eigenvalue weighted by atomic mass is 79.9. The number of phenolic OH excluding ortho intramolecular Hbond substituents is 2. The second-order valence-electron chi connectivity index (χ2n) is 2.47. The van der Waals surface area contributed by atoms with Crippen LogP contribution in [-0.2, 0) is 0 Å². The van der Waals surface area contributed by atoms with Crippen LogP contribution in [0.2, 0.25) is 0 Å². The molecule has 3 nitrogen and oxygen atoms in total. The molecule has 1 aromatic rings. The van der Waals surface area contributed by atoms with Crippen molar-refractivity contribution in [3.63, 3.8) is 0 Å². The Morgan fingerprint density at radius 2 is 2.08 bits per heavy atom. The van der Waals surface area contributed by atoms with Gasteiger partial charge in [0, 0.05) is 16.6 Å². The molecule has 0 radical (unpaired) electrons. The van der Waals surface area contributed by atoms with Gasteiger partial charge in [0.05, 0.1) is 0 Å². The Morgan fingerprint density at radius 3 is 2.69 bits per heavy atom. The topological polar surface area (TPSA) is 66.5 Å². The van der Waals surface area contributed by atoms with E-state index < -0.39 is 0 Å². The van der Waals surface area contributed by atoms with Gasteiger partial charge in [0.25, 0.3) is 0 Å². The van der Waals surface area contributed by atoms with Crippen molar-refractivity contribution in [2.75, 3.05) is 6.54 Å². The number of phenols is 2. The first-order valence-electron chi connectivity index (χ1n) is 3.74. The van der Waals surface area contributed by atoms with Crippen LogP contribution in [-0.4, -0.2) is 16.8 Å². The van der Waals surface area contributed by atoms with Crippen LogP contribution < -0.4 is 5.73 Å². The van der Waals surface area contributed by atoms with Crippen molar-refractivity contribution in [1.82, 2.24) is 0 Å². The monoisotopic (exact) mass is 243 g/mol. The lowest BCUT2D eigenvalue weighted by Gasteiger charge is -2.03. The van der Waals surface area contributed by atoms with Gasteiger partial charge < -0.3 is 15.9 Å². The Morgan fingerprint density at radius 1 is 1.38 bits per heavy atom. The summed E-state index contributed by atoms with van der Waals surface area (Å²) in [5, 5.41) is 18.6. The molecule has 0 fully saturated rings. The minimum Gasteiger partial charge on any atom is -0.504 e. The van der Waals surface area contributed by atoms with Gasteiger partial charge in [-0.3, -0.25) is 0 Å². The van der Waals surface area contributed by atoms with Crippen LogP contribution in [0.1, 0.15) is 5.56 Å². The third kappa shape index (κ3) is 2.23. The highest BCUT2D eigenvalue weighted by Crippen LogP contribution is 2.34. The molecule has 4 N–H and O–H groups in total. The second kappa shape index (κ2) is 4.30. The van der Waals surface area contributed by atoms with E-state index in [9.17, 15) is 10.2 Å². The van der Waals surface area contributed by atoms with Crippen LogP contribution in [0.3, 0.4) is 0 Å². The van der Waals surface area contributed by atoms with Crippen molar-refractivity contribution >= 4 is 22.0 Å². The molecule has 0 saturated carbocycles. The van der Waals surface area contributed by atoms with Gasteiger partial charge >= 0.3 is 0 Å². The van der Waals surface area contributed by atoms with E-state index in [1.165, 1.54) is 6.07 Å². The third-order valence-corrected chi connectivity index (χ3v) is 2.25. The van der Waals surface area contributed by atoms with Gasteiger partial charge in [-0.2, -0.15) is 0 Å². The molecule has 0 spiro atoms. The molecule has 1 aromatic carbocycles. The Kier molecular flexibility index (Phi) is 3.33. The zero-order chi connectivity index (χ0) is 9.84. The van der Waals surface area contributed by atoms with Crippen LogP contribution in [0.15, 0.2) is 22.7 Å². The standard InChI is InChI=1S/C9H10BrNO2/c10-7-3-4-8(12)9(13)6(7)2-1-5-11/h1-4,12-13H,5,11H2/b2-1+. The summed E-state index contributed by atoms with van der Waals surface area (Å²) in [6.07, 6.45) is 3.35. The summed E-state index contributed by atoms with van der Waals surface area (Å²) in [5.41, 5.74) is 5.80. The van der Waals surface area contributed by atoms with Crippen molar-refractivity contribution in [3.05, 3.63) is 28.2 Å². The number of aromatic hydroxyl groups is 2. The summed E-state index contributed by atoms with van der Waals surface area (Å²) in [7, 11) is 0. The Labute approximate surface area is 84.6 Å². The molecule has 0 aliphatic carbocycles. The molecule has 0 aliphatic rings. The minimum atomic E-state index is -0.140. The van der Waals surface area contributed by atoms with Crippen LogP contribution in [0.5, 0.6) is 11.5 Å². The number of rotatable bonds is 2. The molecule has 0 amide bonds. The first kappa shape index (κ1) is 10.1. The van der Waals surface area contributed by atoms with E-state index in [1.807, 2.05) is 0 Å². The van der Waals surface area contributed by atoms with Gasteiger partial charge in [-0.25, -0.2) is 0 Å². The smallest absolute Gasteiger partial charge is 0.165 e. The predicted octanol–water partition coefficient (Wildman–Crippen LogP) is 1.83. The maximum atomic E-state index is 9.43. The molecule has 4 heteroatoms. The van der Waals surface area contributed by atoms with Crippen molar-refractivity contribution in [1.29, 1.82) is 0 Å². The van der Waals surface area contributed by atoms with Crippen LogP contribution >= 0.6 is 15.9 Å². The molecular weight excluding hydrogens is 234 g/mol. The van der Waals surface area contributed by atoms with Gasteiger partial charge in [0.2, 0.25) is 0 Å². The van der Waals surface area contributed by atoms with E-state index in [0.29, 0.717) is 16.6 Å². The van der Waals surface area contributed by atoms with E-state index in [1.54, 1.807) is 18.2 Å². The fourth-order valence-corrected chi connectivity index (χ4v) is 1.37. The second-order valence-corrected chi connectivity index (χ2v) is 3.32. The molecule has 0 saturated heterocycles. The normalized spacial score (nSPS) is 10.9. The van der Waals surface area contributed by atoms with Crippen molar-refractivity contribution < 1.29 is 10.2 Å². The summed E-state index contributed by atoms with van der Waals surface area (Å²) in [6.45, 7) is 0.390. The van der Waals surface area contributed by atoms with E-state index in [0.717, 1.165) is 0 Å². The molecule has 0 aromatic heterocycles. The first-order valence-corrected chi connectivity index (χ1v) is 4.53. The molecule has 0 heterocycles. The zero-order valence-corrected chi connectivity index (χ0v) is 8.45. The van der Waals surface area contributed by atoms with E-state index in [2.05, 4.69) is 15.9 Å². The fourth-order valence-electron chi connectivity index (χ4n) is 0.916. The fraction of sp³-hybridized carbons (Fsp3) is 0.111. The SMILES string of the molecule is NC/C=C/c1c(Br)ccc(O)c1O. The van der Waals surface area contributed by atoms with E-state index in [4.69, 9.17) is 5.73 Å². The van der Waals surface area contributed by atoms with E-state index >= 15 is 0 Å². The molecule has 0 aliphatic heterocycles. The lowest BCUT2D eigenvalue weighted by atomic mass is 10.1. The zero-order valence-electron chi connectivity index (χ0n) is 6.87. The Bertz CT molecular complexity index is 337. The maximum absolute atomic E-state index is 9.43. The first-order chi connectivity index (χ1) is 6.16. The summed E-state index contributed by atoms with van der Waals surface area (Å²) >= 11 is 3.25. The van der Waals surface area contributed by atoms with Crippen molar-refractivity contribution in [2.24, 2.45) is 5.73 Å². The minimum absolute atomic E-state index is 0.139. The van der Waals surface area contributed by atoms with Gasteiger partial charge in [0.1, 0.15) is 0 Å². The molecule has 0 unspecified atom stereocenters. The summed E-state index contributed by atoms with van der Waals surface area (Å²) in [4.78, 5) is 0. The van der Waals surface area contributed by atoms with Crippen molar-refractivity contribution in [3.8, 4) is 11.5 Å². The van der Waals surface area contributed by atoms with Crippen LogP contribution in [0, 0.1) is 0 Å². The molecule has 70 valence electrons.